The second-order valence-corrected chi connectivity index (χ2v) is 8.29. The van der Waals surface area contributed by atoms with E-state index >= 15 is 0 Å². The van der Waals surface area contributed by atoms with Crippen molar-refractivity contribution in [1.29, 1.82) is 0 Å². The Bertz CT molecular complexity index is 455. The summed E-state index contributed by atoms with van der Waals surface area (Å²) in [6, 6.07) is 3.93. The van der Waals surface area contributed by atoms with Crippen LogP contribution in [-0.4, -0.2) is 33.0 Å². The maximum absolute atomic E-state index is 11.9. The molecule has 0 spiro atoms. The Kier molecular flexibility index (Phi) is 6.65. The summed E-state index contributed by atoms with van der Waals surface area (Å²) in [5.74, 6) is 0.784. The van der Waals surface area contributed by atoms with Gasteiger partial charge in [-0.2, -0.15) is 11.8 Å². The monoisotopic (exact) mass is 308 g/mol. The highest BCUT2D eigenvalue weighted by molar-refractivity contribution is 7.98. The Morgan fingerprint density at radius 3 is 2.72 bits per heavy atom. The minimum Gasteiger partial charge on any atom is -0.310 e. The number of hydrogen-bond acceptors (Lipinski definition) is 5. The molecule has 1 aromatic rings. The van der Waals surface area contributed by atoms with Crippen LogP contribution in [0.5, 0.6) is 0 Å². The van der Waals surface area contributed by atoms with E-state index < -0.39 is 10.0 Å². The molecule has 2 N–H and O–H groups in total. The summed E-state index contributed by atoms with van der Waals surface area (Å²) >= 11 is 2.94. The highest BCUT2D eigenvalue weighted by Gasteiger charge is 2.15. The summed E-state index contributed by atoms with van der Waals surface area (Å²) in [7, 11) is -3.32. The van der Waals surface area contributed by atoms with Gasteiger partial charge < -0.3 is 5.32 Å². The molecule has 0 bridgehead atoms. The van der Waals surface area contributed by atoms with E-state index in [1.54, 1.807) is 17.8 Å². The van der Waals surface area contributed by atoms with E-state index in [1.165, 1.54) is 11.3 Å². The molecule has 7 heteroatoms. The molecule has 1 heterocycles. The lowest BCUT2D eigenvalue weighted by molar-refractivity contribution is 0.586. The van der Waals surface area contributed by atoms with Crippen LogP contribution < -0.4 is 10.0 Å². The Balaban J connectivity index is 2.60. The molecule has 0 fully saturated rings. The molecule has 18 heavy (non-hydrogen) atoms. The Hall–Kier alpha value is -0.0800. The lowest BCUT2D eigenvalue weighted by atomic mass is 10.4. The topological polar surface area (TPSA) is 58.2 Å². The van der Waals surface area contributed by atoms with Crippen molar-refractivity contribution in [2.45, 2.75) is 30.6 Å². The van der Waals surface area contributed by atoms with Crippen molar-refractivity contribution in [1.82, 2.24) is 10.0 Å². The SMILES string of the molecule is CSCCNS(=O)(=O)c1ccc(CNC(C)C)s1. The molecule has 0 atom stereocenters. The van der Waals surface area contributed by atoms with Gasteiger partial charge in [0.15, 0.2) is 0 Å². The average Bonchev–Trinajstić information content (AvgIpc) is 2.76. The molecule has 0 aromatic carbocycles. The maximum Gasteiger partial charge on any atom is 0.250 e. The third-order valence-corrected chi connectivity index (χ3v) is 5.84. The molecule has 0 saturated carbocycles. The number of thiophene rings is 1. The number of nitrogens with one attached hydrogen (secondary N) is 2. The summed E-state index contributed by atoms with van der Waals surface area (Å²) in [6.45, 7) is 5.31. The van der Waals surface area contributed by atoms with Gasteiger partial charge in [0.1, 0.15) is 4.21 Å². The van der Waals surface area contributed by atoms with Gasteiger partial charge in [0.05, 0.1) is 0 Å². The fourth-order valence-electron chi connectivity index (χ4n) is 1.25. The van der Waals surface area contributed by atoms with Crippen molar-refractivity contribution in [3.05, 3.63) is 17.0 Å². The molecule has 0 saturated heterocycles. The second-order valence-electron chi connectivity index (χ2n) is 4.15. The lowest BCUT2D eigenvalue weighted by Crippen LogP contribution is -2.25. The van der Waals surface area contributed by atoms with Crippen LogP contribution >= 0.6 is 23.1 Å². The van der Waals surface area contributed by atoms with Crippen molar-refractivity contribution in [2.24, 2.45) is 0 Å². The van der Waals surface area contributed by atoms with Gasteiger partial charge >= 0.3 is 0 Å². The van der Waals surface area contributed by atoms with Gasteiger partial charge in [0.2, 0.25) is 10.0 Å². The summed E-state index contributed by atoms with van der Waals surface area (Å²) in [6.07, 6.45) is 1.95. The van der Waals surface area contributed by atoms with E-state index in [2.05, 4.69) is 23.9 Å². The largest absolute Gasteiger partial charge is 0.310 e. The van der Waals surface area contributed by atoms with Crippen LogP contribution in [-0.2, 0) is 16.6 Å². The molecule has 104 valence electrons. The highest BCUT2D eigenvalue weighted by atomic mass is 32.2. The van der Waals surface area contributed by atoms with Crippen molar-refractivity contribution in [3.8, 4) is 0 Å². The predicted octanol–water partition coefficient (Wildman–Crippen LogP) is 1.89. The molecule has 1 aromatic heterocycles. The first kappa shape index (κ1) is 16.0. The second kappa shape index (κ2) is 7.49. The van der Waals surface area contributed by atoms with E-state index in [9.17, 15) is 8.42 Å². The Morgan fingerprint density at radius 1 is 1.39 bits per heavy atom. The van der Waals surface area contributed by atoms with Crippen LogP contribution in [0.4, 0.5) is 0 Å². The van der Waals surface area contributed by atoms with E-state index in [4.69, 9.17) is 0 Å². The number of sulfonamides is 1. The third kappa shape index (κ3) is 5.27. The van der Waals surface area contributed by atoms with Crippen molar-refractivity contribution < 1.29 is 8.42 Å². The van der Waals surface area contributed by atoms with E-state index in [1.807, 2.05) is 12.3 Å². The predicted molar refractivity (Wildman–Crippen MR) is 79.9 cm³/mol. The first-order valence-corrected chi connectivity index (χ1v) is 9.45. The smallest absolute Gasteiger partial charge is 0.250 e. The summed E-state index contributed by atoms with van der Waals surface area (Å²) < 4.78 is 26.8. The first-order chi connectivity index (χ1) is 8.45. The van der Waals surface area contributed by atoms with E-state index in [0.717, 1.165) is 10.6 Å². The van der Waals surface area contributed by atoms with Gasteiger partial charge in [-0.15, -0.1) is 11.3 Å². The van der Waals surface area contributed by atoms with Crippen molar-refractivity contribution in [2.75, 3.05) is 18.6 Å². The van der Waals surface area contributed by atoms with Crippen LogP contribution in [0.2, 0.25) is 0 Å². The molecule has 0 unspecified atom stereocenters. The van der Waals surface area contributed by atoms with Crippen LogP contribution in [0, 0.1) is 0 Å². The van der Waals surface area contributed by atoms with E-state index in [0.29, 0.717) is 23.3 Å². The average molecular weight is 308 g/mol. The fourth-order valence-corrected chi connectivity index (χ4v) is 4.07. The van der Waals surface area contributed by atoms with Crippen LogP contribution in [0.15, 0.2) is 16.3 Å². The van der Waals surface area contributed by atoms with Gasteiger partial charge in [-0.25, -0.2) is 13.1 Å². The standard InChI is InChI=1S/C11H20N2O2S3/c1-9(2)12-8-10-4-5-11(17-10)18(14,15)13-6-7-16-3/h4-5,9,12-13H,6-8H2,1-3H3. The van der Waals surface area contributed by atoms with Crippen molar-refractivity contribution >= 4 is 33.1 Å². The molecule has 0 aliphatic heterocycles. The Labute approximate surface area is 118 Å². The molecular formula is C11H20N2O2S3. The zero-order valence-corrected chi connectivity index (χ0v) is 13.3. The molecule has 0 aliphatic rings. The maximum atomic E-state index is 11.9. The van der Waals surface area contributed by atoms with Crippen LogP contribution in [0.1, 0.15) is 18.7 Å². The number of rotatable bonds is 8. The number of hydrogen-bond donors (Lipinski definition) is 2. The van der Waals surface area contributed by atoms with Gasteiger partial charge in [0.25, 0.3) is 0 Å². The van der Waals surface area contributed by atoms with Gasteiger partial charge in [-0.05, 0) is 18.4 Å². The van der Waals surface area contributed by atoms with Gasteiger partial charge in [0, 0.05) is 29.8 Å². The summed E-state index contributed by atoms with van der Waals surface area (Å²) in [5.41, 5.74) is 0. The van der Waals surface area contributed by atoms with Crippen LogP contribution in [0.25, 0.3) is 0 Å². The van der Waals surface area contributed by atoms with Crippen molar-refractivity contribution in [3.63, 3.8) is 0 Å². The molecule has 0 amide bonds. The highest BCUT2D eigenvalue weighted by Crippen LogP contribution is 2.21. The van der Waals surface area contributed by atoms with Gasteiger partial charge in [-0.1, -0.05) is 13.8 Å². The fraction of sp³-hybridized carbons (Fsp3) is 0.636. The molecular weight excluding hydrogens is 288 g/mol. The summed E-state index contributed by atoms with van der Waals surface area (Å²) in [4.78, 5) is 1.04. The number of thioether (sulfide) groups is 1. The zero-order valence-electron chi connectivity index (χ0n) is 10.9. The lowest BCUT2D eigenvalue weighted by Gasteiger charge is -2.05. The normalized spacial score (nSPS) is 12.2. The quantitative estimate of drug-likeness (QED) is 0.720. The molecule has 0 radical (unpaired) electrons. The first-order valence-electron chi connectivity index (χ1n) is 5.76. The molecule has 0 aliphatic carbocycles. The summed E-state index contributed by atoms with van der Waals surface area (Å²) in [5, 5.41) is 3.27. The van der Waals surface area contributed by atoms with Gasteiger partial charge in [-0.3, -0.25) is 0 Å². The van der Waals surface area contributed by atoms with E-state index in [-0.39, 0.29) is 0 Å². The molecule has 4 nitrogen and oxygen atoms in total. The minimum absolute atomic E-state index is 0.393. The Morgan fingerprint density at radius 2 is 2.11 bits per heavy atom. The molecule has 1 rings (SSSR count). The van der Waals surface area contributed by atoms with Crippen LogP contribution in [0.3, 0.4) is 0 Å². The minimum atomic E-state index is -3.32. The third-order valence-electron chi connectivity index (χ3n) is 2.18. The zero-order chi connectivity index (χ0) is 13.6.